The average molecular weight is 289 g/mol. The van der Waals surface area contributed by atoms with Crippen LogP contribution in [0.4, 0.5) is 4.79 Å². The fourth-order valence-electron chi connectivity index (χ4n) is 0.589. The molecule has 5 heteroatoms. The summed E-state index contributed by atoms with van der Waals surface area (Å²) in [6.07, 6.45) is 3.50. The molecule has 0 aliphatic carbocycles. The summed E-state index contributed by atoms with van der Waals surface area (Å²) in [5.74, 6) is -1.23. The van der Waals surface area contributed by atoms with E-state index in [2.05, 4.69) is 26.3 Å². The van der Waals surface area contributed by atoms with Crippen molar-refractivity contribution in [2.45, 2.75) is 0 Å². The zero-order valence-electron chi connectivity index (χ0n) is 11.6. The first-order valence-electron chi connectivity index (χ1n) is 5.47. The Bertz CT molecular complexity index is 425. The van der Waals surface area contributed by atoms with Gasteiger partial charge in [-0.3, -0.25) is 0 Å². The van der Waals surface area contributed by atoms with E-state index < -0.39 is 12.1 Å². The standard InChI is InChI=1S/C8H8.C4H6.C3H4O2.CH2O3/c1-2-8-6-4-3-5-7-8;1-3-4-2;1-2-3(4)5;2-1(3)4/h2-7H,1H2;3-4H,1-2H2;2H,1H2,(H,4,5);(H2,2,3,4)/p-3. The van der Waals surface area contributed by atoms with Gasteiger partial charge in [0.05, 0.1) is 5.97 Å². The first-order chi connectivity index (χ1) is 9.85. The van der Waals surface area contributed by atoms with Crippen molar-refractivity contribution in [1.82, 2.24) is 0 Å². The largest absolute Gasteiger partial charge is 0.652 e. The number of hydrogen-bond acceptors (Lipinski definition) is 5. The first-order valence-corrected chi connectivity index (χ1v) is 5.47. The minimum atomic E-state index is -2.33. The van der Waals surface area contributed by atoms with Crippen LogP contribution in [0.5, 0.6) is 0 Å². The third-order valence-corrected chi connectivity index (χ3v) is 1.37. The summed E-state index contributed by atoms with van der Waals surface area (Å²) in [5.41, 5.74) is 1.17. The normalized spacial score (nSPS) is 6.86. The van der Waals surface area contributed by atoms with E-state index in [1.54, 1.807) is 12.2 Å². The fourth-order valence-corrected chi connectivity index (χ4v) is 0.589. The molecule has 0 radical (unpaired) electrons. The number of carboxylic acid groups (broad SMARTS) is 3. The van der Waals surface area contributed by atoms with Crippen LogP contribution in [-0.2, 0) is 4.79 Å². The number of hydrogen-bond donors (Lipinski definition) is 0. The summed E-state index contributed by atoms with van der Waals surface area (Å²) in [6, 6.07) is 10.0. The number of benzene rings is 1. The summed E-state index contributed by atoms with van der Waals surface area (Å²) in [7, 11) is 0. The van der Waals surface area contributed by atoms with Crippen molar-refractivity contribution < 1.29 is 24.9 Å². The molecule has 0 spiro atoms. The van der Waals surface area contributed by atoms with Crippen LogP contribution >= 0.6 is 0 Å². The molecule has 0 N–H and O–H groups in total. The Labute approximate surface area is 124 Å². The quantitative estimate of drug-likeness (QED) is 0.582. The zero-order chi connectivity index (χ0) is 17.1. The summed E-state index contributed by atoms with van der Waals surface area (Å²) in [4.78, 5) is 17.5. The molecule has 0 aliphatic rings. The monoisotopic (exact) mass is 289 g/mol. The maximum absolute atomic E-state index is 9.14. The molecule has 0 atom stereocenters. The fraction of sp³-hybridized carbons (Fsp3) is 0. The number of rotatable bonds is 3. The predicted octanol–water partition coefficient (Wildman–Crippen LogP) is 0.163. The lowest BCUT2D eigenvalue weighted by molar-refractivity contribution is -0.415. The van der Waals surface area contributed by atoms with Crippen molar-refractivity contribution in [2.75, 3.05) is 0 Å². The molecule has 0 aliphatic heterocycles. The van der Waals surface area contributed by atoms with Crippen molar-refractivity contribution in [3.8, 4) is 0 Å². The molecule has 21 heavy (non-hydrogen) atoms. The molecule has 114 valence electrons. The molecule has 0 fully saturated rings. The van der Waals surface area contributed by atoms with Gasteiger partial charge in [-0.05, 0) is 17.8 Å². The number of carbonyl (C=O) groups is 2. The molecule has 0 heterocycles. The molecule has 1 aromatic rings. The maximum atomic E-state index is 9.14. The molecule has 1 aromatic carbocycles. The lowest BCUT2D eigenvalue weighted by Gasteiger charge is -1.96. The van der Waals surface area contributed by atoms with Crippen molar-refractivity contribution in [2.24, 2.45) is 0 Å². The van der Waals surface area contributed by atoms with Gasteiger partial charge in [0, 0.05) is 0 Å². The van der Waals surface area contributed by atoms with Crippen LogP contribution in [-0.4, -0.2) is 12.1 Å². The number of aliphatic carboxylic acids is 1. The molecular formula is C16H17O5-3. The maximum Gasteiger partial charge on any atom is 0.0636 e. The Hall–Kier alpha value is -3.08. The Morgan fingerprint density at radius 1 is 0.857 bits per heavy atom. The van der Waals surface area contributed by atoms with Gasteiger partial charge in [-0.2, -0.15) is 0 Å². The Morgan fingerprint density at radius 2 is 1.19 bits per heavy atom. The summed E-state index contributed by atoms with van der Waals surface area (Å²) >= 11 is 0. The van der Waals surface area contributed by atoms with Gasteiger partial charge < -0.3 is 24.9 Å². The molecule has 0 unspecified atom stereocenters. The Balaban J connectivity index is -0.000000219. The summed E-state index contributed by atoms with van der Waals surface area (Å²) < 4.78 is 0. The van der Waals surface area contributed by atoms with Crippen LogP contribution in [0.3, 0.4) is 0 Å². The molecule has 0 aromatic heterocycles. The van der Waals surface area contributed by atoms with E-state index in [1.807, 2.05) is 36.4 Å². The topological polar surface area (TPSA) is 103 Å². The third kappa shape index (κ3) is 38.3. The van der Waals surface area contributed by atoms with E-state index in [0.717, 1.165) is 6.08 Å². The summed E-state index contributed by atoms with van der Waals surface area (Å²) in [6.45, 7) is 13.3. The molecule has 1 rings (SSSR count). The number of allylic oxidation sites excluding steroid dienone is 2. The predicted molar refractivity (Wildman–Crippen MR) is 77.5 cm³/mol. The molecule has 0 amide bonds. The minimum absolute atomic E-state index is 0.722. The van der Waals surface area contributed by atoms with Gasteiger partial charge in [0.25, 0.3) is 0 Å². The van der Waals surface area contributed by atoms with Crippen molar-refractivity contribution in [3.63, 3.8) is 0 Å². The van der Waals surface area contributed by atoms with Crippen LogP contribution in [0.25, 0.3) is 6.08 Å². The van der Waals surface area contributed by atoms with Gasteiger partial charge in [0.1, 0.15) is 0 Å². The van der Waals surface area contributed by atoms with Gasteiger partial charge >= 0.3 is 0 Å². The highest BCUT2D eigenvalue weighted by molar-refractivity contribution is 5.76. The van der Waals surface area contributed by atoms with Crippen LogP contribution in [0, 0.1) is 0 Å². The highest BCUT2D eigenvalue weighted by Gasteiger charge is 1.75. The highest BCUT2D eigenvalue weighted by atomic mass is 16.6. The molecule has 5 nitrogen and oxygen atoms in total. The summed E-state index contributed by atoms with van der Waals surface area (Å²) in [5, 5.41) is 25.8. The van der Waals surface area contributed by atoms with E-state index in [4.69, 9.17) is 24.9 Å². The van der Waals surface area contributed by atoms with E-state index >= 15 is 0 Å². The highest BCUT2D eigenvalue weighted by Crippen LogP contribution is 1.97. The SMILES string of the molecule is C=CC(=O)[O-].C=CC=C.C=Cc1ccccc1.O=C([O-])[O-]. The third-order valence-electron chi connectivity index (χ3n) is 1.37. The van der Waals surface area contributed by atoms with Gasteiger partial charge in [-0.1, -0.05) is 74.9 Å². The van der Waals surface area contributed by atoms with Gasteiger partial charge in [-0.25, -0.2) is 0 Å². The van der Waals surface area contributed by atoms with Crippen LogP contribution < -0.4 is 15.3 Å². The molecule has 0 bridgehead atoms. The van der Waals surface area contributed by atoms with Gasteiger partial charge in [0.15, 0.2) is 0 Å². The Morgan fingerprint density at radius 3 is 1.33 bits per heavy atom. The molecular weight excluding hydrogens is 272 g/mol. The molecule has 0 saturated carbocycles. The average Bonchev–Trinajstić information content (AvgIpc) is 2.48. The van der Waals surface area contributed by atoms with Gasteiger partial charge in [0.2, 0.25) is 0 Å². The van der Waals surface area contributed by atoms with E-state index in [1.165, 1.54) is 5.56 Å². The van der Waals surface area contributed by atoms with E-state index in [0.29, 0.717) is 0 Å². The second-order valence-electron chi connectivity index (χ2n) is 2.86. The number of carbonyl (C=O) groups excluding carboxylic acids is 2. The van der Waals surface area contributed by atoms with E-state index in [-0.39, 0.29) is 0 Å². The van der Waals surface area contributed by atoms with Gasteiger partial charge in [-0.15, -0.1) is 0 Å². The van der Waals surface area contributed by atoms with Crippen molar-refractivity contribution in [3.05, 3.63) is 80.4 Å². The lowest BCUT2D eigenvalue weighted by Crippen LogP contribution is -2.37. The van der Waals surface area contributed by atoms with Crippen molar-refractivity contribution in [1.29, 1.82) is 0 Å². The second-order valence-corrected chi connectivity index (χ2v) is 2.86. The first kappa shape index (κ1) is 23.0. The van der Waals surface area contributed by atoms with Crippen LogP contribution in [0.2, 0.25) is 0 Å². The van der Waals surface area contributed by atoms with E-state index in [9.17, 15) is 0 Å². The number of carboxylic acids is 1. The van der Waals surface area contributed by atoms with Crippen LogP contribution in [0.15, 0.2) is 74.9 Å². The lowest BCUT2D eigenvalue weighted by atomic mass is 10.2. The minimum Gasteiger partial charge on any atom is -0.652 e. The zero-order valence-corrected chi connectivity index (χ0v) is 11.6. The van der Waals surface area contributed by atoms with Crippen molar-refractivity contribution >= 4 is 18.2 Å². The second kappa shape index (κ2) is 19.3. The molecule has 0 saturated heterocycles. The van der Waals surface area contributed by atoms with Crippen LogP contribution in [0.1, 0.15) is 5.56 Å². The Kier molecular flexibility index (Phi) is 21.1. The smallest absolute Gasteiger partial charge is 0.0636 e.